The molecule has 0 spiro atoms. The Hall–Kier alpha value is -1.09. The molecule has 8 heteroatoms. The van der Waals surface area contributed by atoms with Gasteiger partial charge in [0.25, 0.3) is 0 Å². The second-order valence-electron chi connectivity index (χ2n) is 5.86. The van der Waals surface area contributed by atoms with E-state index in [0.29, 0.717) is 6.07 Å². The number of morpholine rings is 1. The minimum atomic E-state index is -4.01. The van der Waals surface area contributed by atoms with Crippen molar-refractivity contribution in [1.82, 2.24) is 4.31 Å². The summed E-state index contributed by atoms with van der Waals surface area (Å²) in [5, 5.41) is 0. The summed E-state index contributed by atoms with van der Waals surface area (Å²) in [6.45, 7) is 3.89. The van der Waals surface area contributed by atoms with E-state index < -0.39 is 38.3 Å². The van der Waals surface area contributed by atoms with Crippen molar-refractivity contribution in [3.8, 4) is 0 Å². The van der Waals surface area contributed by atoms with Crippen molar-refractivity contribution in [2.24, 2.45) is 0 Å². The van der Waals surface area contributed by atoms with Crippen molar-refractivity contribution in [3.05, 3.63) is 29.8 Å². The highest BCUT2D eigenvalue weighted by molar-refractivity contribution is 7.89. The largest absolute Gasteiger partial charge is 0.382 e. The SMILES string of the molecule is COCC1CN(S(=O)(=O)c2cc(F)cc(F)c2)CC(C)(C)O1. The molecule has 0 amide bonds. The van der Waals surface area contributed by atoms with Gasteiger partial charge in [-0.15, -0.1) is 0 Å². The lowest BCUT2D eigenvalue weighted by atomic mass is 10.1. The number of hydrogen-bond acceptors (Lipinski definition) is 4. The molecule has 1 aromatic rings. The number of nitrogens with zero attached hydrogens (tertiary/aromatic N) is 1. The summed E-state index contributed by atoms with van der Waals surface area (Å²) in [5.41, 5.74) is -0.722. The van der Waals surface area contributed by atoms with Crippen LogP contribution in [-0.2, 0) is 19.5 Å². The Morgan fingerprint density at radius 1 is 1.32 bits per heavy atom. The lowest BCUT2D eigenvalue weighted by Gasteiger charge is -2.41. The molecule has 0 N–H and O–H groups in total. The molecule has 0 saturated carbocycles. The van der Waals surface area contributed by atoms with E-state index in [1.165, 1.54) is 11.4 Å². The number of rotatable bonds is 4. The van der Waals surface area contributed by atoms with Gasteiger partial charge in [0.1, 0.15) is 11.6 Å². The minimum absolute atomic E-state index is 0.0672. The fourth-order valence-electron chi connectivity index (χ4n) is 2.52. The molecule has 0 bridgehead atoms. The van der Waals surface area contributed by atoms with Crippen LogP contribution < -0.4 is 0 Å². The normalized spacial score (nSPS) is 22.7. The van der Waals surface area contributed by atoms with Gasteiger partial charge in [-0.05, 0) is 26.0 Å². The number of hydrogen-bond donors (Lipinski definition) is 0. The van der Waals surface area contributed by atoms with Gasteiger partial charge in [0.15, 0.2) is 0 Å². The van der Waals surface area contributed by atoms with Crippen LogP contribution in [0.2, 0.25) is 0 Å². The molecular weight excluding hydrogens is 316 g/mol. The monoisotopic (exact) mass is 335 g/mol. The van der Waals surface area contributed by atoms with Crippen LogP contribution in [0.4, 0.5) is 8.78 Å². The molecule has 5 nitrogen and oxygen atoms in total. The van der Waals surface area contributed by atoms with E-state index in [2.05, 4.69) is 0 Å². The van der Waals surface area contributed by atoms with Crippen molar-refractivity contribution in [2.45, 2.75) is 30.4 Å². The van der Waals surface area contributed by atoms with Crippen LogP contribution in [-0.4, -0.2) is 51.2 Å². The van der Waals surface area contributed by atoms with Gasteiger partial charge in [-0.3, -0.25) is 0 Å². The standard InChI is InChI=1S/C14H19F2NO4S/c1-14(2)9-17(7-12(21-14)8-20-3)22(18,19)13-5-10(15)4-11(16)6-13/h4-6,12H,7-9H2,1-3H3. The highest BCUT2D eigenvalue weighted by atomic mass is 32.2. The van der Waals surface area contributed by atoms with Gasteiger partial charge in [-0.25, -0.2) is 17.2 Å². The van der Waals surface area contributed by atoms with Gasteiger partial charge in [0.05, 0.1) is 23.2 Å². The Labute approximate surface area is 128 Å². The van der Waals surface area contributed by atoms with E-state index >= 15 is 0 Å². The van der Waals surface area contributed by atoms with Crippen LogP contribution in [0.5, 0.6) is 0 Å². The van der Waals surface area contributed by atoms with Crippen LogP contribution in [0.25, 0.3) is 0 Å². The Kier molecular flexibility index (Phi) is 4.86. The van der Waals surface area contributed by atoms with E-state index in [4.69, 9.17) is 9.47 Å². The molecule has 0 aliphatic carbocycles. The molecule has 1 saturated heterocycles. The molecule has 22 heavy (non-hydrogen) atoms. The molecule has 1 atom stereocenters. The molecule has 1 unspecified atom stereocenters. The molecule has 1 aliphatic rings. The predicted octanol–water partition coefficient (Wildman–Crippen LogP) is 1.78. The molecule has 1 aromatic carbocycles. The molecule has 1 fully saturated rings. The first-order valence-electron chi connectivity index (χ1n) is 6.77. The van der Waals surface area contributed by atoms with Gasteiger partial charge < -0.3 is 9.47 Å². The summed E-state index contributed by atoms with van der Waals surface area (Å²) in [7, 11) is -2.52. The molecule has 2 rings (SSSR count). The van der Waals surface area contributed by atoms with E-state index in [0.717, 1.165) is 12.1 Å². The Balaban J connectivity index is 2.35. The topological polar surface area (TPSA) is 55.8 Å². The lowest BCUT2D eigenvalue weighted by molar-refractivity contribution is -0.135. The second-order valence-corrected chi connectivity index (χ2v) is 7.80. The van der Waals surface area contributed by atoms with E-state index in [9.17, 15) is 17.2 Å². The van der Waals surface area contributed by atoms with Crippen molar-refractivity contribution < 1.29 is 26.7 Å². The zero-order valence-electron chi connectivity index (χ0n) is 12.7. The molecule has 1 heterocycles. The first-order chi connectivity index (χ1) is 10.1. The summed E-state index contributed by atoms with van der Waals surface area (Å²) in [5.74, 6) is -1.86. The summed E-state index contributed by atoms with van der Waals surface area (Å²) < 4.78 is 63.8. The number of halogens is 2. The molecule has 0 radical (unpaired) electrons. The van der Waals surface area contributed by atoms with Crippen LogP contribution in [0.3, 0.4) is 0 Å². The summed E-state index contributed by atoms with van der Waals surface area (Å²) in [4.78, 5) is -0.404. The maximum absolute atomic E-state index is 13.3. The van der Waals surface area contributed by atoms with E-state index in [1.54, 1.807) is 13.8 Å². The maximum atomic E-state index is 13.3. The van der Waals surface area contributed by atoms with Crippen LogP contribution in [0.15, 0.2) is 23.1 Å². The van der Waals surface area contributed by atoms with Crippen LogP contribution >= 0.6 is 0 Å². The zero-order chi connectivity index (χ0) is 16.5. The highest BCUT2D eigenvalue weighted by Gasteiger charge is 2.39. The molecule has 0 aromatic heterocycles. The fraction of sp³-hybridized carbons (Fsp3) is 0.571. The smallest absolute Gasteiger partial charge is 0.243 e. The number of sulfonamides is 1. The van der Waals surface area contributed by atoms with E-state index in [-0.39, 0.29) is 19.7 Å². The number of ether oxygens (including phenoxy) is 2. The average Bonchev–Trinajstić information content (AvgIpc) is 2.36. The van der Waals surface area contributed by atoms with Crippen LogP contribution in [0, 0.1) is 11.6 Å². The molecule has 1 aliphatic heterocycles. The number of benzene rings is 1. The highest BCUT2D eigenvalue weighted by Crippen LogP contribution is 2.27. The van der Waals surface area contributed by atoms with Gasteiger partial charge in [0, 0.05) is 26.3 Å². The third-order valence-electron chi connectivity index (χ3n) is 3.28. The third-order valence-corrected chi connectivity index (χ3v) is 5.07. The number of methoxy groups -OCH3 is 1. The van der Waals surface area contributed by atoms with Crippen molar-refractivity contribution >= 4 is 10.0 Å². The van der Waals surface area contributed by atoms with Crippen molar-refractivity contribution in [1.29, 1.82) is 0 Å². The molecular formula is C14H19F2NO4S. The van der Waals surface area contributed by atoms with Crippen molar-refractivity contribution in [2.75, 3.05) is 26.8 Å². The Morgan fingerprint density at radius 2 is 1.91 bits per heavy atom. The van der Waals surface area contributed by atoms with E-state index in [1.807, 2.05) is 0 Å². The second kappa shape index (κ2) is 6.19. The van der Waals surface area contributed by atoms with Crippen LogP contribution in [0.1, 0.15) is 13.8 Å². The van der Waals surface area contributed by atoms with Crippen molar-refractivity contribution in [3.63, 3.8) is 0 Å². The quantitative estimate of drug-likeness (QED) is 0.842. The lowest BCUT2D eigenvalue weighted by Crippen LogP contribution is -2.55. The summed E-state index contributed by atoms with van der Waals surface area (Å²) >= 11 is 0. The zero-order valence-corrected chi connectivity index (χ0v) is 13.5. The average molecular weight is 335 g/mol. The van der Waals surface area contributed by atoms with Gasteiger partial charge in [0.2, 0.25) is 10.0 Å². The predicted molar refractivity (Wildman–Crippen MR) is 75.9 cm³/mol. The third kappa shape index (κ3) is 3.81. The molecule has 124 valence electrons. The Bertz CT molecular complexity index is 628. The fourth-order valence-corrected chi connectivity index (χ4v) is 4.19. The summed E-state index contributed by atoms with van der Waals surface area (Å²) in [6.07, 6.45) is -0.443. The minimum Gasteiger partial charge on any atom is -0.382 e. The maximum Gasteiger partial charge on any atom is 0.243 e. The van der Waals surface area contributed by atoms with Gasteiger partial charge in [-0.2, -0.15) is 4.31 Å². The first-order valence-corrected chi connectivity index (χ1v) is 8.21. The van der Waals surface area contributed by atoms with Gasteiger partial charge >= 0.3 is 0 Å². The Morgan fingerprint density at radius 3 is 2.45 bits per heavy atom. The summed E-state index contributed by atoms with van der Waals surface area (Å²) in [6, 6.07) is 2.26. The first kappa shape index (κ1) is 17.3. The van der Waals surface area contributed by atoms with Gasteiger partial charge in [-0.1, -0.05) is 0 Å².